The molecule has 0 aliphatic rings. The van der Waals surface area contributed by atoms with Crippen LogP contribution < -0.4 is 5.32 Å². The summed E-state index contributed by atoms with van der Waals surface area (Å²) in [6.45, 7) is 1.57. The highest BCUT2D eigenvalue weighted by atomic mass is 19.4. The second-order valence-corrected chi connectivity index (χ2v) is 5.78. The highest BCUT2D eigenvalue weighted by molar-refractivity contribution is 5.94. The molecule has 3 aromatic rings. The van der Waals surface area contributed by atoms with E-state index in [1.807, 2.05) is 0 Å². The molecule has 0 fully saturated rings. The van der Waals surface area contributed by atoms with Crippen molar-refractivity contribution in [3.05, 3.63) is 71.7 Å². The third-order valence-electron chi connectivity index (χ3n) is 3.75. The Morgan fingerprint density at radius 1 is 1.00 bits per heavy atom. The Balaban J connectivity index is 1.88. The van der Waals surface area contributed by atoms with E-state index in [2.05, 4.69) is 25.3 Å². The molecule has 3 rings (SSSR count). The minimum Gasteiger partial charge on any atom is -0.344 e. The van der Waals surface area contributed by atoms with E-state index in [0.29, 0.717) is 23.5 Å². The van der Waals surface area contributed by atoms with Gasteiger partial charge in [-0.05, 0) is 31.2 Å². The lowest BCUT2D eigenvalue weighted by Gasteiger charge is -2.16. The summed E-state index contributed by atoms with van der Waals surface area (Å²) in [7, 11) is 0. The van der Waals surface area contributed by atoms with E-state index in [4.69, 9.17) is 0 Å². The van der Waals surface area contributed by atoms with E-state index < -0.39 is 35.1 Å². The monoisotopic (exact) mass is 391 g/mol. The molecule has 6 nitrogen and oxygen atoms in total. The Bertz CT molecular complexity index is 995. The van der Waals surface area contributed by atoms with Crippen molar-refractivity contribution >= 4 is 5.91 Å². The summed E-state index contributed by atoms with van der Waals surface area (Å²) in [4.78, 5) is 28.9. The summed E-state index contributed by atoms with van der Waals surface area (Å²) in [6, 6.07) is 2.51. The first-order chi connectivity index (χ1) is 13.3. The molecule has 0 aliphatic heterocycles. The van der Waals surface area contributed by atoms with Gasteiger partial charge in [-0.25, -0.2) is 19.3 Å². The van der Waals surface area contributed by atoms with Gasteiger partial charge in [0, 0.05) is 30.4 Å². The summed E-state index contributed by atoms with van der Waals surface area (Å²) in [5.74, 6) is -1.77. The Morgan fingerprint density at radius 2 is 1.68 bits per heavy atom. The summed E-state index contributed by atoms with van der Waals surface area (Å²) in [6.07, 6.45) is 1.07. The fourth-order valence-corrected chi connectivity index (χ4v) is 2.49. The molecule has 28 heavy (non-hydrogen) atoms. The second-order valence-electron chi connectivity index (χ2n) is 5.78. The lowest BCUT2D eigenvalue weighted by Crippen LogP contribution is -2.28. The number of hydrogen-bond donors (Lipinski definition) is 1. The van der Waals surface area contributed by atoms with Gasteiger partial charge in [0.25, 0.3) is 5.91 Å². The smallest absolute Gasteiger partial charge is 0.344 e. The molecular formula is C18H13F4N5O. The first-order valence-electron chi connectivity index (χ1n) is 8.02. The van der Waals surface area contributed by atoms with Crippen LogP contribution in [0.15, 0.2) is 49.1 Å². The van der Waals surface area contributed by atoms with E-state index in [9.17, 15) is 22.4 Å². The third kappa shape index (κ3) is 4.27. The molecule has 144 valence electrons. The number of amides is 1. The largest absolute Gasteiger partial charge is 0.416 e. The molecule has 0 spiro atoms. The van der Waals surface area contributed by atoms with Gasteiger partial charge in [-0.1, -0.05) is 0 Å². The summed E-state index contributed by atoms with van der Waals surface area (Å²) in [5.41, 5.74) is -1.08. The van der Waals surface area contributed by atoms with Gasteiger partial charge in [0.05, 0.1) is 17.3 Å². The van der Waals surface area contributed by atoms with Crippen LogP contribution in [0.2, 0.25) is 0 Å². The lowest BCUT2D eigenvalue weighted by atomic mass is 10.1. The van der Waals surface area contributed by atoms with Gasteiger partial charge in [0.15, 0.2) is 5.82 Å². The first-order valence-corrected chi connectivity index (χ1v) is 8.02. The van der Waals surface area contributed by atoms with E-state index >= 15 is 0 Å². The van der Waals surface area contributed by atoms with Crippen molar-refractivity contribution in [3.8, 4) is 11.5 Å². The van der Waals surface area contributed by atoms with Crippen LogP contribution in [-0.4, -0.2) is 25.8 Å². The number of carbonyl (C=O) groups excluding carboxylic acids is 1. The van der Waals surface area contributed by atoms with Crippen molar-refractivity contribution in [2.75, 3.05) is 0 Å². The lowest BCUT2D eigenvalue weighted by molar-refractivity contribution is -0.137. The molecule has 0 saturated heterocycles. The van der Waals surface area contributed by atoms with Crippen molar-refractivity contribution in [2.24, 2.45) is 0 Å². The third-order valence-corrected chi connectivity index (χ3v) is 3.75. The van der Waals surface area contributed by atoms with Gasteiger partial charge in [0.1, 0.15) is 11.5 Å². The van der Waals surface area contributed by atoms with Crippen molar-refractivity contribution in [3.63, 3.8) is 0 Å². The van der Waals surface area contributed by atoms with Gasteiger partial charge in [-0.3, -0.25) is 9.78 Å². The van der Waals surface area contributed by atoms with Gasteiger partial charge >= 0.3 is 6.18 Å². The molecule has 10 heteroatoms. The quantitative estimate of drug-likeness (QED) is 0.688. The molecule has 2 aromatic heterocycles. The number of nitrogens with zero attached hydrogens (tertiary/aromatic N) is 4. The van der Waals surface area contributed by atoms with E-state index in [0.717, 1.165) is 6.07 Å². The molecule has 0 bridgehead atoms. The van der Waals surface area contributed by atoms with Crippen LogP contribution in [0, 0.1) is 5.82 Å². The maximum Gasteiger partial charge on any atom is 0.416 e. The summed E-state index contributed by atoms with van der Waals surface area (Å²) < 4.78 is 52.1. The number of rotatable bonds is 4. The molecule has 1 atom stereocenters. The van der Waals surface area contributed by atoms with Gasteiger partial charge in [-0.2, -0.15) is 13.2 Å². The molecular weight excluding hydrogens is 378 g/mol. The van der Waals surface area contributed by atoms with Crippen LogP contribution in [0.3, 0.4) is 0 Å². The zero-order valence-electron chi connectivity index (χ0n) is 14.4. The standard InChI is InChI=1S/C18H13F4N5O/c1-10(14-15(24-6-5-23-14)16-25-3-2-4-26-16)27-17(28)11-7-12(18(20,21)22)9-13(19)8-11/h2-10H,1H3,(H,27,28). The Kier molecular flexibility index (Phi) is 5.30. The predicted molar refractivity (Wildman–Crippen MR) is 90.3 cm³/mol. The molecule has 1 aromatic carbocycles. The average Bonchev–Trinajstić information content (AvgIpc) is 2.67. The molecule has 2 heterocycles. The summed E-state index contributed by atoms with van der Waals surface area (Å²) in [5, 5.41) is 2.50. The number of nitrogens with one attached hydrogen (secondary N) is 1. The zero-order valence-corrected chi connectivity index (χ0v) is 14.4. The second kappa shape index (κ2) is 7.67. The highest BCUT2D eigenvalue weighted by Gasteiger charge is 2.32. The van der Waals surface area contributed by atoms with E-state index in [-0.39, 0.29) is 5.82 Å². The van der Waals surface area contributed by atoms with Crippen molar-refractivity contribution < 1.29 is 22.4 Å². The zero-order chi connectivity index (χ0) is 20.3. The van der Waals surface area contributed by atoms with Crippen LogP contribution in [0.1, 0.15) is 34.6 Å². The first kappa shape index (κ1) is 19.3. The number of alkyl halides is 3. The fraction of sp³-hybridized carbons (Fsp3) is 0.167. The van der Waals surface area contributed by atoms with Crippen molar-refractivity contribution in [1.82, 2.24) is 25.3 Å². The fourth-order valence-electron chi connectivity index (χ4n) is 2.49. The normalized spacial score (nSPS) is 12.5. The number of carbonyl (C=O) groups is 1. The number of benzene rings is 1. The molecule has 0 radical (unpaired) electrons. The van der Waals surface area contributed by atoms with Crippen LogP contribution in [0.4, 0.5) is 17.6 Å². The van der Waals surface area contributed by atoms with Crippen molar-refractivity contribution in [1.29, 1.82) is 0 Å². The number of halogens is 4. The maximum absolute atomic E-state index is 13.5. The average molecular weight is 391 g/mol. The number of aromatic nitrogens is 4. The van der Waals surface area contributed by atoms with Crippen LogP contribution in [0.25, 0.3) is 11.5 Å². The van der Waals surface area contributed by atoms with Crippen LogP contribution >= 0.6 is 0 Å². The Hall–Kier alpha value is -3.43. The van der Waals surface area contributed by atoms with Crippen molar-refractivity contribution in [2.45, 2.75) is 19.1 Å². The van der Waals surface area contributed by atoms with Crippen LogP contribution in [0.5, 0.6) is 0 Å². The molecule has 1 unspecified atom stereocenters. The van der Waals surface area contributed by atoms with Gasteiger partial charge in [0.2, 0.25) is 0 Å². The van der Waals surface area contributed by atoms with Gasteiger partial charge in [-0.15, -0.1) is 0 Å². The van der Waals surface area contributed by atoms with E-state index in [1.165, 1.54) is 24.8 Å². The predicted octanol–water partition coefficient (Wildman–Crippen LogP) is 3.58. The minimum absolute atomic E-state index is 0.275. The summed E-state index contributed by atoms with van der Waals surface area (Å²) >= 11 is 0. The van der Waals surface area contributed by atoms with E-state index in [1.54, 1.807) is 13.0 Å². The molecule has 0 saturated carbocycles. The molecule has 1 N–H and O–H groups in total. The SMILES string of the molecule is CC(NC(=O)c1cc(F)cc(C(F)(F)F)c1)c1nccnc1-c1ncccn1. The Labute approximate surface area is 156 Å². The minimum atomic E-state index is -4.77. The van der Waals surface area contributed by atoms with Gasteiger partial charge < -0.3 is 5.32 Å². The molecule has 1 amide bonds. The highest BCUT2D eigenvalue weighted by Crippen LogP contribution is 2.30. The Morgan fingerprint density at radius 3 is 2.36 bits per heavy atom. The maximum atomic E-state index is 13.5. The number of hydrogen-bond acceptors (Lipinski definition) is 5. The van der Waals surface area contributed by atoms with Crippen LogP contribution in [-0.2, 0) is 6.18 Å². The topological polar surface area (TPSA) is 80.7 Å². The molecule has 0 aliphatic carbocycles.